The van der Waals surface area contributed by atoms with Crippen molar-refractivity contribution in [3.8, 4) is 0 Å². The van der Waals surface area contributed by atoms with Crippen molar-refractivity contribution >= 4 is 27.5 Å². The molecule has 0 aliphatic rings. The van der Waals surface area contributed by atoms with E-state index < -0.39 is 5.91 Å². The first-order chi connectivity index (χ1) is 6.66. The van der Waals surface area contributed by atoms with E-state index in [1.165, 1.54) is 0 Å². The van der Waals surface area contributed by atoms with Crippen LogP contribution in [0.2, 0.25) is 0 Å². The van der Waals surface area contributed by atoms with Crippen LogP contribution in [0, 0.1) is 0 Å². The third kappa shape index (κ3) is 1.60. The molecule has 2 N–H and O–H groups in total. The zero-order chi connectivity index (χ0) is 10.1. The maximum atomic E-state index is 10.7. The average Bonchev–Trinajstić information content (AvgIpc) is 2.47. The van der Waals surface area contributed by atoms with Crippen LogP contribution in [-0.2, 0) is 11.2 Å². The molecule has 0 aliphatic heterocycles. The van der Waals surface area contributed by atoms with Crippen molar-refractivity contribution in [3.05, 3.63) is 28.6 Å². The van der Waals surface area contributed by atoms with Gasteiger partial charge in [-0.15, -0.1) is 0 Å². The van der Waals surface area contributed by atoms with Crippen molar-refractivity contribution < 1.29 is 4.79 Å². The van der Waals surface area contributed by atoms with E-state index in [1.807, 2.05) is 0 Å². The zero-order valence-electron chi connectivity index (χ0n) is 7.14. The number of aromatic nitrogens is 3. The van der Waals surface area contributed by atoms with Gasteiger partial charge in [0.25, 0.3) is 0 Å². The Morgan fingerprint density at radius 1 is 1.64 bits per heavy atom. The maximum Gasteiger partial charge on any atom is 0.223 e. The van der Waals surface area contributed by atoms with Gasteiger partial charge in [-0.05, 0) is 22.0 Å². The summed E-state index contributed by atoms with van der Waals surface area (Å²) >= 11 is 3.31. The van der Waals surface area contributed by atoms with Crippen LogP contribution in [-0.4, -0.2) is 20.5 Å². The van der Waals surface area contributed by atoms with E-state index in [0.29, 0.717) is 11.3 Å². The summed E-state index contributed by atoms with van der Waals surface area (Å²) in [6.45, 7) is 0. The van der Waals surface area contributed by atoms with Crippen LogP contribution < -0.4 is 5.73 Å². The molecule has 0 aromatic carbocycles. The van der Waals surface area contributed by atoms with Gasteiger partial charge in [-0.2, -0.15) is 5.10 Å². The van der Waals surface area contributed by atoms with Gasteiger partial charge in [-0.1, -0.05) is 0 Å². The lowest BCUT2D eigenvalue weighted by Crippen LogP contribution is -2.14. The molecule has 2 rings (SSSR count). The van der Waals surface area contributed by atoms with E-state index >= 15 is 0 Å². The Morgan fingerprint density at radius 2 is 2.43 bits per heavy atom. The number of halogens is 1. The molecule has 14 heavy (non-hydrogen) atoms. The second-order valence-corrected chi connectivity index (χ2v) is 3.68. The van der Waals surface area contributed by atoms with Gasteiger partial charge < -0.3 is 5.73 Å². The van der Waals surface area contributed by atoms with Gasteiger partial charge in [0.05, 0.1) is 22.8 Å². The predicted octanol–water partition coefficient (Wildman–Crippen LogP) is 0.520. The lowest BCUT2D eigenvalue weighted by molar-refractivity contribution is -0.117. The number of fused-ring (bicyclic) bond motifs is 1. The van der Waals surface area contributed by atoms with Crippen LogP contribution in [0.1, 0.15) is 5.69 Å². The third-order valence-electron chi connectivity index (χ3n) is 1.74. The largest absolute Gasteiger partial charge is 0.369 e. The summed E-state index contributed by atoms with van der Waals surface area (Å²) < 4.78 is 2.41. The molecule has 0 saturated heterocycles. The minimum atomic E-state index is -0.391. The lowest BCUT2D eigenvalue weighted by Gasteiger charge is -1.97. The van der Waals surface area contributed by atoms with Crippen molar-refractivity contribution in [2.75, 3.05) is 0 Å². The number of hydrogen-bond acceptors (Lipinski definition) is 3. The second-order valence-electron chi connectivity index (χ2n) is 2.82. The molecule has 0 spiro atoms. The van der Waals surface area contributed by atoms with Gasteiger partial charge in [0.15, 0.2) is 5.65 Å². The molecule has 2 heterocycles. The first kappa shape index (κ1) is 9.14. The molecule has 0 fully saturated rings. The van der Waals surface area contributed by atoms with E-state index in [1.54, 1.807) is 23.0 Å². The molecule has 2 aromatic heterocycles. The van der Waals surface area contributed by atoms with Gasteiger partial charge in [-0.3, -0.25) is 4.79 Å². The molecule has 0 aliphatic carbocycles. The number of nitrogens with two attached hydrogens (primary N) is 1. The van der Waals surface area contributed by atoms with Crippen LogP contribution in [0.3, 0.4) is 0 Å². The van der Waals surface area contributed by atoms with Gasteiger partial charge in [0, 0.05) is 6.20 Å². The Bertz CT molecular complexity index is 493. The molecular formula is C8H7BrN4O. The van der Waals surface area contributed by atoms with Crippen molar-refractivity contribution in [1.29, 1.82) is 0 Å². The fourth-order valence-electron chi connectivity index (χ4n) is 1.16. The van der Waals surface area contributed by atoms with E-state index in [9.17, 15) is 4.79 Å². The Hall–Kier alpha value is -1.43. The molecular weight excluding hydrogens is 248 g/mol. The summed E-state index contributed by atoms with van der Waals surface area (Å²) in [5, 5.41) is 4.03. The average molecular weight is 255 g/mol. The summed E-state index contributed by atoms with van der Waals surface area (Å²) in [5.74, 6) is -0.391. The number of nitrogens with zero attached hydrogens (tertiary/aromatic N) is 3. The van der Waals surface area contributed by atoms with Crippen LogP contribution in [0.25, 0.3) is 5.65 Å². The Labute approximate surface area is 88.1 Å². The fourth-order valence-corrected chi connectivity index (χ4v) is 1.52. The van der Waals surface area contributed by atoms with Gasteiger partial charge >= 0.3 is 0 Å². The van der Waals surface area contributed by atoms with Gasteiger partial charge in [-0.25, -0.2) is 9.50 Å². The normalized spacial score (nSPS) is 10.6. The highest BCUT2D eigenvalue weighted by Gasteiger charge is 2.05. The monoisotopic (exact) mass is 254 g/mol. The number of carbonyl (C=O) groups excluding carboxylic acids is 1. The van der Waals surface area contributed by atoms with Crippen LogP contribution in [0.4, 0.5) is 0 Å². The number of carbonyl (C=O) groups is 1. The van der Waals surface area contributed by atoms with E-state index in [2.05, 4.69) is 26.0 Å². The quantitative estimate of drug-likeness (QED) is 0.850. The standard InChI is InChI=1S/C8H7BrN4O/c9-6-4-11-13-2-1-5(3-7(10)14)12-8(6)13/h1-2,4H,3H2,(H2,10,14). The number of hydrogen-bond donors (Lipinski definition) is 1. The van der Waals surface area contributed by atoms with Crippen LogP contribution >= 0.6 is 15.9 Å². The van der Waals surface area contributed by atoms with Crippen molar-refractivity contribution in [3.63, 3.8) is 0 Å². The molecule has 1 amide bonds. The fraction of sp³-hybridized carbons (Fsp3) is 0.125. The Kier molecular flexibility index (Phi) is 2.20. The lowest BCUT2D eigenvalue weighted by atomic mass is 10.3. The smallest absolute Gasteiger partial charge is 0.223 e. The SMILES string of the molecule is NC(=O)Cc1ccn2ncc(Br)c2n1. The molecule has 0 unspecified atom stereocenters. The molecule has 5 nitrogen and oxygen atoms in total. The molecule has 6 heteroatoms. The first-order valence-corrected chi connectivity index (χ1v) is 4.73. The van der Waals surface area contributed by atoms with E-state index in [4.69, 9.17) is 5.73 Å². The molecule has 0 bridgehead atoms. The minimum Gasteiger partial charge on any atom is -0.369 e. The Balaban J connectivity index is 2.49. The first-order valence-electron chi connectivity index (χ1n) is 3.94. The highest BCUT2D eigenvalue weighted by atomic mass is 79.9. The van der Waals surface area contributed by atoms with E-state index in [-0.39, 0.29) is 6.42 Å². The van der Waals surface area contributed by atoms with E-state index in [0.717, 1.165) is 4.47 Å². The third-order valence-corrected chi connectivity index (χ3v) is 2.30. The predicted molar refractivity (Wildman–Crippen MR) is 53.6 cm³/mol. The van der Waals surface area contributed by atoms with Crippen molar-refractivity contribution in [2.24, 2.45) is 5.73 Å². The molecule has 72 valence electrons. The summed E-state index contributed by atoms with van der Waals surface area (Å²) in [7, 11) is 0. The maximum absolute atomic E-state index is 10.7. The highest BCUT2D eigenvalue weighted by molar-refractivity contribution is 9.10. The zero-order valence-corrected chi connectivity index (χ0v) is 8.73. The number of rotatable bonds is 2. The summed E-state index contributed by atoms with van der Waals surface area (Å²) in [4.78, 5) is 14.9. The van der Waals surface area contributed by atoms with Gasteiger partial charge in [0.2, 0.25) is 5.91 Å². The number of primary amides is 1. The highest BCUT2D eigenvalue weighted by Crippen LogP contribution is 2.15. The summed E-state index contributed by atoms with van der Waals surface area (Å²) in [6, 6.07) is 1.72. The van der Waals surface area contributed by atoms with Crippen LogP contribution in [0.5, 0.6) is 0 Å². The Morgan fingerprint density at radius 3 is 3.14 bits per heavy atom. The second kappa shape index (κ2) is 3.38. The summed E-state index contributed by atoms with van der Waals surface area (Å²) in [5.41, 5.74) is 6.40. The van der Waals surface area contributed by atoms with Crippen LogP contribution in [0.15, 0.2) is 22.9 Å². The number of amides is 1. The van der Waals surface area contributed by atoms with Gasteiger partial charge in [0.1, 0.15) is 0 Å². The van der Waals surface area contributed by atoms with Crippen molar-refractivity contribution in [2.45, 2.75) is 6.42 Å². The molecule has 0 atom stereocenters. The van der Waals surface area contributed by atoms with Crippen molar-refractivity contribution in [1.82, 2.24) is 14.6 Å². The molecule has 0 saturated carbocycles. The minimum absolute atomic E-state index is 0.147. The molecule has 2 aromatic rings. The molecule has 0 radical (unpaired) electrons. The summed E-state index contributed by atoms with van der Waals surface area (Å²) in [6.07, 6.45) is 3.54. The topological polar surface area (TPSA) is 73.3 Å².